The number of hydrogen-bond acceptors (Lipinski definition) is 5. The first kappa shape index (κ1) is 25.4. The van der Waals surface area contributed by atoms with Crippen LogP contribution in [0.15, 0.2) is 48.5 Å². The zero-order valence-electron chi connectivity index (χ0n) is 19.8. The monoisotopic (exact) mass is 441 g/mol. The van der Waals surface area contributed by atoms with E-state index in [0.717, 1.165) is 29.0 Å². The minimum absolute atomic E-state index is 0.0453. The Balaban J connectivity index is 1.89. The number of carbonyl (C=O) groups excluding carboxylic acids is 2. The molecule has 2 aromatic rings. The smallest absolute Gasteiger partial charge is 0.335 e. The maximum Gasteiger partial charge on any atom is 0.335 e. The van der Waals surface area contributed by atoms with Gasteiger partial charge in [-0.3, -0.25) is 4.79 Å². The van der Waals surface area contributed by atoms with Gasteiger partial charge in [-0.2, -0.15) is 0 Å². The molecular formula is C26H35NO5. The third-order valence-electron chi connectivity index (χ3n) is 5.04. The van der Waals surface area contributed by atoms with Crippen LogP contribution in [-0.4, -0.2) is 44.8 Å². The van der Waals surface area contributed by atoms with Crippen LogP contribution in [0, 0.1) is 5.92 Å². The van der Waals surface area contributed by atoms with Crippen LogP contribution >= 0.6 is 0 Å². The molecule has 2 aromatic carbocycles. The predicted molar refractivity (Wildman–Crippen MR) is 126 cm³/mol. The number of anilines is 1. The molecule has 1 unspecified atom stereocenters. The molecule has 0 fully saturated rings. The van der Waals surface area contributed by atoms with Gasteiger partial charge in [-0.15, -0.1) is 0 Å². The molecule has 2 rings (SSSR count). The standard InChI is InChI=1S/C26H35NO5/c1-6-30-24(26(29)31-7-2)18-21-11-13-23(14-12-21)32-16-15-20-9-8-10-22(17-20)27(5)25(28)19(3)4/h8-14,17,19,24H,6-7,15-16,18H2,1-5H3. The summed E-state index contributed by atoms with van der Waals surface area (Å²) in [6.07, 6.45) is 0.594. The highest BCUT2D eigenvalue weighted by Crippen LogP contribution is 2.19. The Morgan fingerprint density at radius 3 is 2.31 bits per heavy atom. The van der Waals surface area contributed by atoms with E-state index in [1.165, 1.54) is 0 Å². The van der Waals surface area contributed by atoms with Crippen molar-refractivity contribution >= 4 is 17.6 Å². The van der Waals surface area contributed by atoms with Crippen molar-refractivity contribution in [3.63, 3.8) is 0 Å². The fraction of sp³-hybridized carbons (Fsp3) is 0.462. The van der Waals surface area contributed by atoms with E-state index in [2.05, 4.69) is 0 Å². The summed E-state index contributed by atoms with van der Waals surface area (Å²) >= 11 is 0. The molecule has 1 atom stereocenters. The number of carbonyl (C=O) groups is 2. The quantitative estimate of drug-likeness (QED) is 0.456. The van der Waals surface area contributed by atoms with Gasteiger partial charge in [0.1, 0.15) is 5.75 Å². The maximum atomic E-state index is 12.2. The van der Waals surface area contributed by atoms with Crippen molar-refractivity contribution in [2.24, 2.45) is 5.92 Å². The summed E-state index contributed by atoms with van der Waals surface area (Å²) < 4.78 is 16.5. The number of hydrogen-bond donors (Lipinski definition) is 0. The van der Waals surface area contributed by atoms with Crippen LogP contribution in [0.5, 0.6) is 5.75 Å². The lowest BCUT2D eigenvalue weighted by Gasteiger charge is -2.20. The summed E-state index contributed by atoms with van der Waals surface area (Å²) in [7, 11) is 1.80. The first-order valence-electron chi connectivity index (χ1n) is 11.2. The maximum absolute atomic E-state index is 12.2. The van der Waals surface area contributed by atoms with E-state index >= 15 is 0 Å². The second-order valence-electron chi connectivity index (χ2n) is 7.86. The Labute approximate surface area is 191 Å². The van der Waals surface area contributed by atoms with Crippen molar-refractivity contribution in [1.29, 1.82) is 0 Å². The Kier molecular flexibility index (Phi) is 10.2. The van der Waals surface area contributed by atoms with Gasteiger partial charge in [0.25, 0.3) is 0 Å². The van der Waals surface area contributed by atoms with Gasteiger partial charge in [0, 0.05) is 38.1 Å². The SMILES string of the molecule is CCOC(=O)C(Cc1ccc(OCCc2cccc(N(C)C(=O)C(C)C)c2)cc1)OCC. The van der Waals surface area contributed by atoms with Gasteiger partial charge in [0.05, 0.1) is 13.2 Å². The van der Waals surface area contributed by atoms with Crippen molar-refractivity contribution in [1.82, 2.24) is 0 Å². The highest BCUT2D eigenvalue weighted by atomic mass is 16.6. The molecule has 0 saturated carbocycles. The molecule has 0 aliphatic carbocycles. The summed E-state index contributed by atoms with van der Waals surface area (Å²) in [5, 5.41) is 0. The largest absolute Gasteiger partial charge is 0.493 e. The zero-order chi connectivity index (χ0) is 23.5. The van der Waals surface area contributed by atoms with Gasteiger partial charge in [-0.05, 0) is 49.2 Å². The second kappa shape index (κ2) is 12.9. The molecule has 0 saturated heterocycles. The molecule has 0 heterocycles. The van der Waals surface area contributed by atoms with E-state index in [4.69, 9.17) is 14.2 Å². The minimum Gasteiger partial charge on any atom is -0.493 e. The molecule has 6 nitrogen and oxygen atoms in total. The molecule has 0 aliphatic heterocycles. The highest BCUT2D eigenvalue weighted by molar-refractivity contribution is 5.94. The van der Waals surface area contributed by atoms with Gasteiger partial charge >= 0.3 is 5.97 Å². The Morgan fingerprint density at radius 1 is 0.969 bits per heavy atom. The lowest BCUT2D eigenvalue weighted by Crippen LogP contribution is -2.30. The fourth-order valence-electron chi connectivity index (χ4n) is 3.30. The lowest BCUT2D eigenvalue weighted by molar-refractivity contribution is -0.156. The van der Waals surface area contributed by atoms with E-state index in [1.807, 2.05) is 69.3 Å². The number of esters is 1. The number of benzene rings is 2. The summed E-state index contributed by atoms with van der Waals surface area (Å²) in [6.45, 7) is 8.75. The predicted octanol–water partition coefficient (Wildman–Crippen LogP) is 4.44. The molecule has 6 heteroatoms. The van der Waals surface area contributed by atoms with Gasteiger partial charge < -0.3 is 19.1 Å². The number of nitrogens with zero attached hydrogens (tertiary/aromatic N) is 1. The van der Waals surface area contributed by atoms with Crippen LogP contribution in [0.4, 0.5) is 5.69 Å². The average Bonchev–Trinajstić information content (AvgIpc) is 2.79. The molecule has 0 N–H and O–H groups in total. The van der Waals surface area contributed by atoms with Crippen molar-refractivity contribution in [2.45, 2.75) is 46.6 Å². The highest BCUT2D eigenvalue weighted by Gasteiger charge is 2.20. The summed E-state index contributed by atoms with van der Waals surface area (Å²) in [5.74, 6) is 0.475. The Morgan fingerprint density at radius 2 is 1.69 bits per heavy atom. The van der Waals surface area contributed by atoms with Crippen LogP contribution < -0.4 is 9.64 Å². The third kappa shape index (κ3) is 7.68. The Bertz CT molecular complexity index is 863. The van der Waals surface area contributed by atoms with Gasteiger partial charge in [0.15, 0.2) is 6.10 Å². The first-order valence-corrected chi connectivity index (χ1v) is 11.2. The molecule has 1 amide bonds. The van der Waals surface area contributed by atoms with E-state index < -0.39 is 6.10 Å². The van der Waals surface area contributed by atoms with E-state index in [1.54, 1.807) is 18.9 Å². The van der Waals surface area contributed by atoms with Gasteiger partial charge in [0.2, 0.25) is 5.91 Å². The molecule has 0 aromatic heterocycles. The third-order valence-corrected chi connectivity index (χ3v) is 5.04. The zero-order valence-corrected chi connectivity index (χ0v) is 19.8. The van der Waals surface area contributed by atoms with Gasteiger partial charge in [-0.1, -0.05) is 38.1 Å². The van der Waals surface area contributed by atoms with E-state index in [9.17, 15) is 9.59 Å². The van der Waals surface area contributed by atoms with Crippen molar-refractivity contribution in [2.75, 3.05) is 31.8 Å². The number of ether oxygens (including phenoxy) is 3. The van der Waals surface area contributed by atoms with Crippen LogP contribution in [0.2, 0.25) is 0 Å². The van der Waals surface area contributed by atoms with Crippen molar-refractivity contribution in [3.8, 4) is 5.75 Å². The number of rotatable bonds is 12. The molecule has 0 aliphatic rings. The summed E-state index contributed by atoms with van der Waals surface area (Å²) in [5.41, 5.74) is 2.97. The topological polar surface area (TPSA) is 65.1 Å². The van der Waals surface area contributed by atoms with Crippen molar-refractivity contribution < 1.29 is 23.8 Å². The molecule has 0 bridgehead atoms. The van der Waals surface area contributed by atoms with E-state index in [0.29, 0.717) is 26.2 Å². The van der Waals surface area contributed by atoms with Crippen LogP contribution in [0.3, 0.4) is 0 Å². The fourth-order valence-corrected chi connectivity index (χ4v) is 3.30. The Hall–Kier alpha value is -2.86. The van der Waals surface area contributed by atoms with Crippen LogP contribution in [0.25, 0.3) is 0 Å². The van der Waals surface area contributed by atoms with Crippen LogP contribution in [-0.2, 0) is 31.9 Å². The minimum atomic E-state index is -0.597. The van der Waals surface area contributed by atoms with Crippen LogP contribution in [0.1, 0.15) is 38.8 Å². The lowest BCUT2D eigenvalue weighted by atomic mass is 10.1. The van der Waals surface area contributed by atoms with Crippen molar-refractivity contribution in [3.05, 3.63) is 59.7 Å². The molecule has 32 heavy (non-hydrogen) atoms. The van der Waals surface area contributed by atoms with Gasteiger partial charge in [-0.25, -0.2) is 4.79 Å². The molecule has 0 spiro atoms. The summed E-state index contributed by atoms with van der Waals surface area (Å²) in [6, 6.07) is 15.6. The van der Waals surface area contributed by atoms with E-state index in [-0.39, 0.29) is 17.8 Å². The first-order chi connectivity index (χ1) is 15.3. The normalized spacial score (nSPS) is 11.8. The number of amides is 1. The summed E-state index contributed by atoms with van der Waals surface area (Å²) in [4.78, 5) is 25.9. The average molecular weight is 442 g/mol. The molecule has 174 valence electrons. The molecule has 0 radical (unpaired) electrons. The molecular weight excluding hydrogens is 406 g/mol. The second-order valence-corrected chi connectivity index (χ2v) is 7.86.